The molecule has 1 aromatic heterocycles. The zero-order valence-electron chi connectivity index (χ0n) is 16.4. The van der Waals surface area contributed by atoms with Gasteiger partial charge in [0.25, 0.3) is 11.8 Å². The van der Waals surface area contributed by atoms with Gasteiger partial charge < -0.3 is 14.8 Å². The van der Waals surface area contributed by atoms with E-state index in [-0.39, 0.29) is 23.0 Å². The maximum atomic E-state index is 12.1. The number of carboxylic acid groups (broad SMARTS) is 1. The fourth-order valence-corrected chi connectivity index (χ4v) is 2.91. The lowest BCUT2D eigenvalue weighted by molar-refractivity contribution is -0.120. The van der Waals surface area contributed by atoms with Crippen LogP contribution in [0.4, 0.5) is 0 Å². The maximum Gasteiger partial charge on any atom is 0.337 e. The molecule has 9 heteroatoms. The number of hydrazone groups is 1. The fraction of sp³-hybridized carbons (Fsp3) is 0.0909. The number of hydrogen-bond donors (Lipinski definition) is 3. The number of hydrogen-bond acceptors (Lipinski definition) is 5. The van der Waals surface area contributed by atoms with Crippen LogP contribution in [0, 0.1) is 6.92 Å². The van der Waals surface area contributed by atoms with Gasteiger partial charge in [-0.3, -0.25) is 9.59 Å². The van der Waals surface area contributed by atoms with Gasteiger partial charge in [0.15, 0.2) is 0 Å². The molecule has 8 nitrogen and oxygen atoms in total. The van der Waals surface area contributed by atoms with Crippen molar-refractivity contribution in [3.05, 3.63) is 82.1 Å². The van der Waals surface area contributed by atoms with Crippen molar-refractivity contribution in [3.63, 3.8) is 0 Å². The Hall–Kier alpha value is -3.91. The number of amides is 2. The SMILES string of the molecule is Cc1ccccc1C(=O)NCC(=O)N/N=C/c1ccc(-c2ccc(Cl)c(C(=O)O)c2)o1. The molecule has 0 bridgehead atoms. The van der Waals surface area contributed by atoms with Crippen LogP contribution >= 0.6 is 11.6 Å². The molecule has 0 unspecified atom stereocenters. The topological polar surface area (TPSA) is 121 Å². The number of rotatable bonds is 7. The fourth-order valence-electron chi connectivity index (χ4n) is 2.71. The molecule has 3 rings (SSSR count). The summed E-state index contributed by atoms with van der Waals surface area (Å²) < 4.78 is 5.59. The molecular formula is C22H18ClN3O5. The highest BCUT2D eigenvalue weighted by Crippen LogP contribution is 2.26. The molecule has 2 amide bonds. The van der Waals surface area contributed by atoms with Crippen LogP contribution in [-0.4, -0.2) is 35.6 Å². The van der Waals surface area contributed by atoms with E-state index >= 15 is 0 Å². The molecule has 0 atom stereocenters. The Morgan fingerprint density at radius 1 is 1.10 bits per heavy atom. The monoisotopic (exact) mass is 439 g/mol. The van der Waals surface area contributed by atoms with Crippen molar-refractivity contribution in [3.8, 4) is 11.3 Å². The predicted octanol–water partition coefficient (Wildman–Crippen LogP) is 3.49. The molecule has 3 aromatic rings. The first-order valence-electron chi connectivity index (χ1n) is 9.14. The second kappa shape index (κ2) is 9.73. The maximum absolute atomic E-state index is 12.1. The molecule has 0 aliphatic rings. The number of furan rings is 1. The van der Waals surface area contributed by atoms with Crippen LogP contribution in [0.1, 0.15) is 32.0 Å². The number of nitrogens with zero attached hydrogens (tertiary/aromatic N) is 1. The number of carbonyl (C=O) groups is 3. The summed E-state index contributed by atoms with van der Waals surface area (Å²) in [5, 5.41) is 15.6. The van der Waals surface area contributed by atoms with Crippen LogP contribution in [0.5, 0.6) is 0 Å². The third-order valence-electron chi connectivity index (χ3n) is 4.29. The lowest BCUT2D eigenvalue weighted by Crippen LogP contribution is -2.35. The minimum absolute atomic E-state index is 0.0363. The predicted molar refractivity (Wildman–Crippen MR) is 115 cm³/mol. The van der Waals surface area contributed by atoms with Gasteiger partial charge in [-0.05, 0) is 48.9 Å². The molecule has 0 radical (unpaired) electrons. The van der Waals surface area contributed by atoms with Crippen LogP contribution in [0.2, 0.25) is 5.02 Å². The first kappa shape index (κ1) is 21.8. The second-order valence-corrected chi connectivity index (χ2v) is 6.90. The van der Waals surface area contributed by atoms with Gasteiger partial charge in [-0.2, -0.15) is 5.10 Å². The van der Waals surface area contributed by atoms with E-state index in [9.17, 15) is 14.4 Å². The average Bonchev–Trinajstić information content (AvgIpc) is 3.21. The van der Waals surface area contributed by atoms with E-state index in [0.29, 0.717) is 22.6 Å². The zero-order chi connectivity index (χ0) is 22.4. The zero-order valence-corrected chi connectivity index (χ0v) is 17.1. The number of carboxylic acids is 1. The van der Waals surface area contributed by atoms with E-state index in [4.69, 9.17) is 21.1 Å². The quantitative estimate of drug-likeness (QED) is 0.384. The molecular weight excluding hydrogens is 422 g/mol. The van der Waals surface area contributed by atoms with E-state index in [2.05, 4.69) is 15.8 Å². The summed E-state index contributed by atoms with van der Waals surface area (Å²) in [4.78, 5) is 35.2. The summed E-state index contributed by atoms with van der Waals surface area (Å²) in [5.41, 5.74) is 4.09. The first-order valence-corrected chi connectivity index (χ1v) is 9.51. The summed E-state index contributed by atoms with van der Waals surface area (Å²) in [6, 6.07) is 14.8. The highest BCUT2D eigenvalue weighted by molar-refractivity contribution is 6.33. The Bertz CT molecular complexity index is 1170. The third kappa shape index (κ3) is 5.58. The smallest absolute Gasteiger partial charge is 0.337 e. The van der Waals surface area contributed by atoms with E-state index in [1.165, 1.54) is 18.3 Å². The number of benzene rings is 2. The van der Waals surface area contributed by atoms with E-state index in [0.717, 1.165) is 5.56 Å². The van der Waals surface area contributed by atoms with Crippen molar-refractivity contribution in [1.82, 2.24) is 10.7 Å². The third-order valence-corrected chi connectivity index (χ3v) is 4.62. The molecule has 31 heavy (non-hydrogen) atoms. The molecule has 0 spiro atoms. The highest BCUT2D eigenvalue weighted by atomic mass is 35.5. The van der Waals surface area contributed by atoms with Crippen molar-refractivity contribution >= 4 is 35.6 Å². The summed E-state index contributed by atoms with van der Waals surface area (Å²) >= 11 is 5.87. The van der Waals surface area contributed by atoms with Gasteiger partial charge in [0.05, 0.1) is 23.3 Å². The van der Waals surface area contributed by atoms with E-state index in [1.807, 2.05) is 19.1 Å². The molecule has 0 aliphatic heterocycles. The van der Waals surface area contributed by atoms with Gasteiger partial charge in [0.2, 0.25) is 0 Å². The summed E-state index contributed by atoms with van der Waals surface area (Å²) in [5.74, 6) is -1.24. The van der Waals surface area contributed by atoms with E-state index in [1.54, 1.807) is 30.3 Å². The number of aryl methyl sites for hydroxylation is 1. The van der Waals surface area contributed by atoms with Crippen molar-refractivity contribution in [1.29, 1.82) is 0 Å². The molecule has 158 valence electrons. The lowest BCUT2D eigenvalue weighted by atomic mass is 10.1. The van der Waals surface area contributed by atoms with Gasteiger partial charge in [-0.1, -0.05) is 29.8 Å². The van der Waals surface area contributed by atoms with Crippen molar-refractivity contribution < 1.29 is 23.9 Å². The lowest BCUT2D eigenvalue weighted by Gasteiger charge is -2.06. The van der Waals surface area contributed by atoms with Gasteiger partial charge in [0.1, 0.15) is 11.5 Å². The van der Waals surface area contributed by atoms with E-state index < -0.39 is 11.9 Å². The Kier molecular flexibility index (Phi) is 6.84. The minimum atomic E-state index is -1.14. The molecule has 0 fully saturated rings. The van der Waals surface area contributed by atoms with Crippen LogP contribution in [0.3, 0.4) is 0 Å². The summed E-state index contributed by atoms with van der Waals surface area (Å²) in [6.07, 6.45) is 1.29. The summed E-state index contributed by atoms with van der Waals surface area (Å²) in [6.45, 7) is 1.57. The van der Waals surface area contributed by atoms with Crippen LogP contribution in [-0.2, 0) is 4.79 Å². The van der Waals surface area contributed by atoms with Crippen LogP contribution < -0.4 is 10.7 Å². The first-order chi connectivity index (χ1) is 14.8. The van der Waals surface area contributed by atoms with Gasteiger partial charge in [-0.15, -0.1) is 0 Å². The highest BCUT2D eigenvalue weighted by Gasteiger charge is 2.12. The van der Waals surface area contributed by atoms with Crippen molar-refractivity contribution in [2.24, 2.45) is 5.10 Å². The Balaban J connectivity index is 1.55. The molecule has 1 heterocycles. The number of nitrogens with one attached hydrogen (secondary N) is 2. The Morgan fingerprint density at radius 2 is 1.87 bits per heavy atom. The summed E-state index contributed by atoms with van der Waals surface area (Å²) in [7, 11) is 0. The number of aromatic carboxylic acids is 1. The van der Waals surface area contributed by atoms with Crippen molar-refractivity contribution in [2.75, 3.05) is 6.54 Å². The van der Waals surface area contributed by atoms with Gasteiger partial charge >= 0.3 is 5.97 Å². The molecule has 2 aromatic carbocycles. The number of halogens is 1. The number of carbonyl (C=O) groups excluding carboxylic acids is 2. The van der Waals surface area contributed by atoms with Crippen LogP contribution in [0.25, 0.3) is 11.3 Å². The molecule has 0 aliphatic carbocycles. The largest absolute Gasteiger partial charge is 0.478 e. The van der Waals surface area contributed by atoms with Crippen molar-refractivity contribution in [2.45, 2.75) is 6.92 Å². The Morgan fingerprint density at radius 3 is 2.61 bits per heavy atom. The molecule has 3 N–H and O–H groups in total. The Labute approximate surface area is 182 Å². The van der Waals surface area contributed by atoms with Gasteiger partial charge in [-0.25, -0.2) is 10.2 Å². The standard InChI is InChI=1S/C22H18ClN3O5/c1-13-4-2-3-5-16(13)21(28)24-12-20(27)26-25-11-15-7-9-19(31-15)14-6-8-18(23)17(10-14)22(29)30/h2-11H,12H2,1H3,(H,24,28)(H,26,27)(H,29,30)/b25-11+. The molecule has 0 saturated heterocycles. The molecule has 0 saturated carbocycles. The average molecular weight is 440 g/mol. The second-order valence-electron chi connectivity index (χ2n) is 6.49. The van der Waals surface area contributed by atoms with Gasteiger partial charge in [0, 0.05) is 11.1 Å². The van der Waals surface area contributed by atoms with Crippen LogP contribution in [0.15, 0.2) is 64.1 Å². The minimum Gasteiger partial charge on any atom is -0.478 e. The normalized spacial score (nSPS) is 10.8.